The average Bonchev–Trinajstić information content (AvgIpc) is 2.58. The second-order valence-corrected chi connectivity index (χ2v) is 8.13. The number of amides is 1. The van der Waals surface area contributed by atoms with E-state index in [1.165, 1.54) is 25.3 Å². The smallest absolute Gasteiger partial charge is 0.264 e. The topological polar surface area (TPSA) is 81.7 Å². The molecule has 2 rings (SSSR count). The highest BCUT2D eigenvalue weighted by Gasteiger charge is 2.20. The first-order valence-corrected chi connectivity index (χ1v) is 10.2. The molecular formula is C17H17BrClNO5S. The molecule has 0 saturated heterocycles. The average molecular weight is 463 g/mol. The van der Waals surface area contributed by atoms with E-state index in [1.807, 2.05) is 11.6 Å². The lowest BCUT2D eigenvalue weighted by Crippen LogP contribution is -2.31. The summed E-state index contributed by atoms with van der Waals surface area (Å²) >= 11 is 9.33. The molecule has 0 saturated carbocycles. The Balaban J connectivity index is 2.13. The second kappa shape index (κ2) is 8.75. The fraction of sp³-hybridized carbons (Fsp3) is 0.235. The van der Waals surface area contributed by atoms with Gasteiger partial charge in [0.2, 0.25) is 5.91 Å². The third-order valence-corrected chi connectivity index (χ3v) is 5.72. The summed E-state index contributed by atoms with van der Waals surface area (Å²) in [7, 11) is -2.51. The molecule has 140 valence electrons. The van der Waals surface area contributed by atoms with Crippen molar-refractivity contribution in [2.45, 2.75) is 18.2 Å². The number of hydrogen-bond donors (Lipinski definition) is 1. The van der Waals surface area contributed by atoms with Crippen LogP contribution in [0.5, 0.6) is 11.5 Å². The molecule has 0 spiro atoms. The number of nitrogens with one attached hydrogen (secondary N) is 1. The van der Waals surface area contributed by atoms with Crippen molar-refractivity contribution in [3.63, 3.8) is 0 Å². The van der Waals surface area contributed by atoms with E-state index in [1.54, 1.807) is 18.2 Å². The molecule has 0 atom stereocenters. The van der Waals surface area contributed by atoms with Crippen molar-refractivity contribution >= 4 is 43.5 Å². The van der Waals surface area contributed by atoms with Gasteiger partial charge in [0.15, 0.2) is 0 Å². The monoisotopic (exact) mass is 461 g/mol. The Bertz CT molecular complexity index is 917. The summed E-state index contributed by atoms with van der Waals surface area (Å²) in [4.78, 5) is 12.1. The summed E-state index contributed by atoms with van der Waals surface area (Å²) in [6, 6.07) is 9.08. The van der Waals surface area contributed by atoms with Crippen LogP contribution in [0.15, 0.2) is 45.8 Å². The van der Waals surface area contributed by atoms with Crippen LogP contribution in [0, 0.1) is 0 Å². The standard InChI is InChI=1S/C17H17BrClNO5S/c1-3-25-16-7-6-13(10-14(16)18)26(22,23)20-17(21)8-11-4-5-12(24-2)9-15(11)19/h4-7,9-10H,3,8H2,1-2H3,(H,20,21). The molecule has 2 aromatic rings. The van der Waals surface area contributed by atoms with E-state index >= 15 is 0 Å². The van der Waals surface area contributed by atoms with Crippen molar-refractivity contribution < 1.29 is 22.7 Å². The quantitative estimate of drug-likeness (QED) is 0.680. The number of ether oxygens (including phenoxy) is 2. The first-order chi connectivity index (χ1) is 12.3. The lowest BCUT2D eigenvalue weighted by Gasteiger charge is -2.11. The number of methoxy groups -OCH3 is 1. The van der Waals surface area contributed by atoms with E-state index < -0.39 is 15.9 Å². The van der Waals surface area contributed by atoms with Crippen LogP contribution in [0.2, 0.25) is 5.02 Å². The van der Waals surface area contributed by atoms with Crippen LogP contribution in [-0.2, 0) is 21.2 Å². The molecule has 9 heteroatoms. The van der Waals surface area contributed by atoms with E-state index in [9.17, 15) is 13.2 Å². The fourth-order valence-electron chi connectivity index (χ4n) is 2.14. The van der Waals surface area contributed by atoms with Crippen molar-refractivity contribution in [1.82, 2.24) is 4.72 Å². The Morgan fingerprint density at radius 2 is 1.96 bits per heavy atom. The normalized spacial score (nSPS) is 11.1. The molecule has 2 aromatic carbocycles. The molecule has 0 unspecified atom stereocenters. The highest BCUT2D eigenvalue weighted by Crippen LogP contribution is 2.28. The zero-order chi connectivity index (χ0) is 19.3. The number of hydrogen-bond acceptors (Lipinski definition) is 5. The fourth-order valence-corrected chi connectivity index (χ4v) is 4.03. The van der Waals surface area contributed by atoms with E-state index in [4.69, 9.17) is 21.1 Å². The van der Waals surface area contributed by atoms with Crippen molar-refractivity contribution in [3.8, 4) is 11.5 Å². The Labute approximate surface area is 165 Å². The third-order valence-electron chi connectivity index (χ3n) is 3.37. The maximum Gasteiger partial charge on any atom is 0.264 e. The molecular weight excluding hydrogens is 446 g/mol. The summed E-state index contributed by atoms with van der Waals surface area (Å²) in [6.45, 7) is 2.27. The minimum atomic E-state index is -4.01. The first kappa shape index (κ1) is 20.5. The van der Waals surface area contributed by atoms with Gasteiger partial charge in [-0.1, -0.05) is 17.7 Å². The minimum Gasteiger partial charge on any atom is -0.497 e. The molecule has 1 amide bonds. The molecule has 0 aliphatic rings. The number of carbonyl (C=O) groups is 1. The van der Waals surface area contributed by atoms with Gasteiger partial charge in [-0.3, -0.25) is 4.79 Å². The van der Waals surface area contributed by atoms with Gasteiger partial charge in [-0.15, -0.1) is 0 Å². The van der Waals surface area contributed by atoms with Gasteiger partial charge in [0.1, 0.15) is 11.5 Å². The Morgan fingerprint density at radius 1 is 1.23 bits per heavy atom. The number of benzene rings is 2. The van der Waals surface area contributed by atoms with E-state index in [-0.39, 0.29) is 11.3 Å². The van der Waals surface area contributed by atoms with Crippen molar-refractivity contribution in [2.24, 2.45) is 0 Å². The predicted molar refractivity (Wildman–Crippen MR) is 102 cm³/mol. The zero-order valence-electron chi connectivity index (χ0n) is 14.1. The van der Waals surface area contributed by atoms with Crippen LogP contribution < -0.4 is 14.2 Å². The molecule has 6 nitrogen and oxygen atoms in total. The number of halogens is 2. The van der Waals surface area contributed by atoms with Crippen molar-refractivity contribution in [3.05, 3.63) is 51.5 Å². The number of sulfonamides is 1. The summed E-state index contributed by atoms with van der Waals surface area (Å²) in [5.74, 6) is 0.371. The summed E-state index contributed by atoms with van der Waals surface area (Å²) in [5, 5.41) is 0.320. The highest BCUT2D eigenvalue weighted by molar-refractivity contribution is 9.10. The second-order valence-electron chi connectivity index (χ2n) is 5.19. The Kier molecular flexibility index (Phi) is 6.91. The maximum absolute atomic E-state index is 12.4. The molecule has 0 heterocycles. The summed E-state index contributed by atoms with van der Waals surface area (Å²) in [6.07, 6.45) is -0.180. The van der Waals surface area contributed by atoms with Crippen LogP contribution in [0.25, 0.3) is 0 Å². The van der Waals surface area contributed by atoms with Gasteiger partial charge in [0.25, 0.3) is 10.0 Å². The van der Waals surface area contributed by atoms with Crippen molar-refractivity contribution in [2.75, 3.05) is 13.7 Å². The van der Waals surface area contributed by atoms with Gasteiger partial charge >= 0.3 is 0 Å². The molecule has 0 bridgehead atoms. The molecule has 0 aliphatic carbocycles. The zero-order valence-corrected chi connectivity index (χ0v) is 17.2. The number of carbonyl (C=O) groups excluding carboxylic acids is 1. The van der Waals surface area contributed by atoms with Crippen LogP contribution in [-0.4, -0.2) is 28.0 Å². The van der Waals surface area contributed by atoms with Gasteiger partial charge in [0.05, 0.1) is 29.5 Å². The van der Waals surface area contributed by atoms with Gasteiger partial charge < -0.3 is 9.47 Å². The first-order valence-electron chi connectivity index (χ1n) is 7.57. The molecule has 26 heavy (non-hydrogen) atoms. The van der Waals surface area contributed by atoms with Gasteiger partial charge in [-0.2, -0.15) is 0 Å². The molecule has 0 aliphatic heterocycles. The Morgan fingerprint density at radius 3 is 2.54 bits per heavy atom. The molecule has 0 fully saturated rings. The van der Waals surface area contributed by atoms with E-state index in [0.717, 1.165) is 0 Å². The maximum atomic E-state index is 12.4. The predicted octanol–water partition coefficient (Wildman–Crippen LogP) is 3.56. The van der Waals surface area contributed by atoms with Gasteiger partial charge in [0, 0.05) is 5.02 Å². The summed E-state index contributed by atoms with van der Waals surface area (Å²) in [5.41, 5.74) is 0.494. The lowest BCUT2D eigenvalue weighted by molar-refractivity contribution is -0.118. The Hall–Kier alpha value is -1.77. The lowest BCUT2D eigenvalue weighted by atomic mass is 10.1. The van der Waals surface area contributed by atoms with Crippen LogP contribution in [0.3, 0.4) is 0 Å². The molecule has 0 aromatic heterocycles. The van der Waals surface area contributed by atoms with Crippen molar-refractivity contribution in [1.29, 1.82) is 0 Å². The number of rotatable bonds is 7. The van der Waals surface area contributed by atoms with Crippen LogP contribution in [0.1, 0.15) is 12.5 Å². The largest absolute Gasteiger partial charge is 0.497 e. The van der Waals surface area contributed by atoms with Gasteiger partial charge in [-0.25, -0.2) is 13.1 Å². The molecule has 0 radical (unpaired) electrons. The minimum absolute atomic E-state index is 0.0537. The SMILES string of the molecule is CCOc1ccc(S(=O)(=O)NC(=O)Cc2ccc(OC)cc2Cl)cc1Br. The van der Waals surface area contributed by atoms with Crippen LogP contribution >= 0.6 is 27.5 Å². The molecule has 1 N–H and O–H groups in total. The van der Waals surface area contributed by atoms with E-state index in [0.29, 0.717) is 33.2 Å². The van der Waals surface area contributed by atoms with Gasteiger partial charge in [-0.05, 0) is 58.7 Å². The third kappa shape index (κ3) is 5.12. The van der Waals surface area contributed by atoms with E-state index in [2.05, 4.69) is 15.9 Å². The highest BCUT2D eigenvalue weighted by atomic mass is 79.9. The van der Waals surface area contributed by atoms with Crippen LogP contribution in [0.4, 0.5) is 0 Å². The summed E-state index contributed by atoms with van der Waals surface area (Å²) < 4.78 is 37.7.